The van der Waals surface area contributed by atoms with Crippen molar-refractivity contribution in [3.05, 3.63) is 87.7 Å². The Kier molecular flexibility index (Phi) is 4.15. The van der Waals surface area contributed by atoms with Crippen LogP contribution in [0.15, 0.2) is 63.8 Å². The first-order chi connectivity index (χ1) is 12.2. The van der Waals surface area contributed by atoms with Crippen LogP contribution in [0.5, 0.6) is 0 Å². The fraction of sp³-hybridized carbons (Fsp3) is 0.200. The molecule has 0 amide bonds. The zero-order valence-corrected chi connectivity index (χ0v) is 13.6. The van der Waals surface area contributed by atoms with Crippen molar-refractivity contribution in [1.29, 1.82) is 0 Å². The minimum atomic E-state index is -0.335. The molecular weight excluding hydrogens is 319 g/mol. The zero-order chi connectivity index (χ0) is 17.2. The van der Waals surface area contributed by atoms with Gasteiger partial charge >= 0.3 is 0 Å². The van der Waals surface area contributed by atoms with Crippen molar-refractivity contribution in [2.24, 2.45) is 0 Å². The predicted octanol–water partition coefficient (Wildman–Crippen LogP) is 3.40. The molecule has 1 aliphatic heterocycles. The van der Waals surface area contributed by atoms with Gasteiger partial charge in [-0.3, -0.25) is 9.69 Å². The van der Waals surface area contributed by atoms with E-state index in [1.165, 1.54) is 17.7 Å². The van der Waals surface area contributed by atoms with Crippen LogP contribution in [-0.2, 0) is 19.5 Å². The average molecular weight is 336 g/mol. The molecule has 2 aromatic carbocycles. The van der Waals surface area contributed by atoms with Crippen molar-refractivity contribution >= 4 is 0 Å². The summed E-state index contributed by atoms with van der Waals surface area (Å²) in [5.74, 6) is 0.560. The van der Waals surface area contributed by atoms with Crippen molar-refractivity contribution in [3.63, 3.8) is 0 Å². The lowest BCUT2D eigenvalue weighted by Gasteiger charge is -2.27. The van der Waals surface area contributed by atoms with Crippen LogP contribution >= 0.6 is 0 Å². The van der Waals surface area contributed by atoms with Gasteiger partial charge in [0, 0.05) is 18.7 Å². The maximum absolute atomic E-state index is 13.1. The average Bonchev–Trinajstić information content (AvgIpc) is 2.63. The largest absolute Gasteiger partial charge is 0.441 e. The first-order valence-electron chi connectivity index (χ1n) is 8.24. The summed E-state index contributed by atoms with van der Waals surface area (Å²) in [4.78, 5) is 18.6. The van der Waals surface area contributed by atoms with E-state index in [-0.39, 0.29) is 17.3 Å². The van der Waals surface area contributed by atoms with Crippen molar-refractivity contribution in [1.82, 2.24) is 9.88 Å². The summed E-state index contributed by atoms with van der Waals surface area (Å²) >= 11 is 0. The summed E-state index contributed by atoms with van der Waals surface area (Å²) in [7, 11) is 0. The lowest BCUT2D eigenvalue weighted by Crippen LogP contribution is -2.34. The van der Waals surface area contributed by atoms with Crippen LogP contribution in [-0.4, -0.2) is 16.4 Å². The summed E-state index contributed by atoms with van der Waals surface area (Å²) in [6.07, 6.45) is 0.626. The summed E-state index contributed by atoms with van der Waals surface area (Å²) < 4.78 is 19.0. The number of rotatable bonds is 3. The van der Waals surface area contributed by atoms with E-state index in [0.717, 1.165) is 13.1 Å². The maximum atomic E-state index is 13.1. The molecule has 0 fully saturated rings. The number of benzene rings is 2. The number of halogens is 1. The van der Waals surface area contributed by atoms with E-state index in [1.54, 1.807) is 12.1 Å². The van der Waals surface area contributed by atoms with Crippen molar-refractivity contribution in [2.75, 3.05) is 6.54 Å². The van der Waals surface area contributed by atoms with E-state index < -0.39 is 0 Å². The standard InChI is InChI=1S/C20H17FN2O2/c21-16-8-6-15(7-9-16)20-22-19(24)17-10-11-23(13-18(17)25-20)12-14-4-2-1-3-5-14/h1-9H,10-13H2. The topological polar surface area (TPSA) is 46.3 Å². The van der Waals surface area contributed by atoms with Crippen LogP contribution in [0, 0.1) is 5.82 Å². The Morgan fingerprint density at radius 3 is 2.60 bits per heavy atom. The molecule has 2 heterocycles. The van der Waals surface area contributed by atoms with Crippen LogP contribution in [0.1, 0.15) is 16.9 Å². The van der Waals surface area contributed by atoms with Gasteiger partial charge in [0.05, 0.1) is 12.1 Å². The smallest absolute Gasteiger partial charge is 0.279 e. The molecule has 126 valence electrons. The number of fused-ring (bicyclic) bond motifs is 1. The maximum Gasteiger partial charge on any atom is 0.279 e. The number of hydrogen-bond donors (Lipinski definition) is 0. The molecule has 4 nitrogen and oxygen atoms in total. The molecule has 1 aromatic heterocycles. The lowest BCUT2D eigenvalue weighted by molar-refractivity contribution is 0.215. The second-order valence-electron chi connectivity index (χ2n) is 6.18. The SMILES string of the molecule is O=c1nc(-c2ccc(F)cc2)oc2c1CCN(Cc1ccccc1)C2. The Labute approximate surface area is 144 Å². The van der Waals surface area contributed by atoms with Gasteiger partial charge in [-0.1, -0.05) is 30.3 Å². The molecule has 0 bridgehead atoms. The third-order valence-corrected chi connectivity index (χ3v) is 4.40. The van der Waals surface area contributed by atoms with Crippen molar-refractivity contribution in [2.45, 2.75) is 19.5 Å². The van der Waals surface area contributed by atoms with Gasteiger partial charge in [0.25, 0.3) is 5.56 Å². The Bertz CT molecular complexity index is 936. The molecule has 0 unspecified atom stereocenters. The molecule has 0 N–H and O–H groups in total. The van der Waals surface area contributed by atoms with Crippen LogP contribution in [0.25, 0.3) is 11.5 Å². The molecule has 0 spiro atoms. The van der Waals surface area contributed by atoms with Gasteiger partial charge in [-0.05, 0) is 36.2 Å². The molecule has 0 saturated heterocycles. The van der Waals surface area contributed by atoms with E-state index in [1.807, 2.05) is 18.2 Å². The van der Waals surface area contributed by atoms with E-state index in [4.69, 9.17) is 4.42 Å². The summed E-state index contributed by atoms with van der Waals surface area (Å²) in [5.41, 5.74) is 2.22. The van der Waals surface area contributed by atoms with Gasteiger partial charge in [-0.15, -0.1) is 0 Å². The molecule has 0 radical (unpaired) electrons. The third-order valence-electron chi connectivity index (χ3n) is 4.40. The Balaban J connectivity index is 1.62. The molecule has 1 aliphatic rings. The van der Waals surface area contributed by atoms with Crippen LogP contribution in [0.2, 0.25) is 0 Å². The van der Waals surface area contributed by atoms with E-state index in [2.05, 4.69) is 22.0 Å². The lowest BCUT2D eigenvalue weighted by atomic mass is 10.1. The minimum absolute atomic E-state index is 0.241. The fourth-order valence-corrected chi connectivity index (χ4v) is 3.10. The first kappa shape index (κ1) is 15.7. The molecule has 0 atom stereocenters. The highest BCUT2D eigenvalue weighted by Crippen LogP contribution is 2.23. The molecular formula is C20H17FN2O2. The van der Waals surface area contributed by atoms with Gasteiger partial charge in [0.1, 0.15) is 11.6 Å². The second kappa shape index (κ2) is 6.61. The Morgan fingerprint density at radius 2 is 1.84 bits per heavy atom. The van der Waals surface area contributed by atoms with Gasteiger partial charge in [-0.25, -0.2) is 4.39 Å². The number of hydrogen-bond acceptors (Lipinski definition) is 4. The molecule has 4 rings (SSSR count). The van der Waals surface area contributed by atoms with Crippen molar-refractivity contribution in [3.8, 4) is 11.5 Å². The first-order valence-corrected chi connectivity index (χ1v) is 8.24. The highest BCUT2D eigenvalue weighted by atomic mass is 19.1. The zero-order valence-electron chi connectivity index (χ0n) is 13.6. The van der Waals surface area contributed by atoms with Crippen LogP contribution < -0.4 is 5.56 Å². The summed E-state index contributed by atoms with van der Waals surface area (Å²) in [6, 6.07) is 16.0. The normalized spacial score (nSPS) is 14.3. The van der Waals surface area contributed by atoms with Gasteiger partial charge in [0.15, 0.2) is 0 Å². The van der Waals surface area contributed by atoms with Gasteiger partial charge < -0.3 is 4.42 Å². The number of aromatic nitrogens is 1. The fourth-order valence-electron chi connectivity index (χ4n) is 3.10. The Hall–Kier alpha value is -2.79. The highest BCUT2D eigenvalue weighted by molar-refractivity contribution is 5.52. The summed E-state index contributed by atoms with van der Waals surface area (Å²) in [5, 5.41) is 0. The second-order valence-corrected chi connectivity index (χ2v) is 6.18. The number of nitrogens with zero attached hydrogens (tertiary/aromatic N) is 2. The van der Waals surface area contributed by atoms with Crippen LogP contribution in [0.4, 0.5) is 4.39 Å². The van der Waals surface area contributed by atoms with E-state index >= 15 is 0 Å². The van der Waals surface area contributed by atoms with E-state index in [9.17, 15) is 9.18 Å². The molecule has 3 aromatic rings. The molecule has 25 heavy (non-hydrogen) atoms. The summed E-state index contributed by atoms with van der Waals surface area (Å²) in [6.45, 7) is 2.17. The van der Waals surface area contributed by atoms with Gasteiger partial charge in [0.2, 0.25) is 5.89 Å². The van der Waals surface area contributed by atoms with Crippen LogP contribution in [0.3, 0.4) is 0 Å². The van der Waals surface area contributed by atoms with Gasteiger partial charge in [-0.2, -0.15) is 4.98 Å². The van der Waals surface area contributed by atoms with Crippen molar-refractivity contribution < 1.29 is 8.81 Å². The highest BCUT2D eigenvalue weighted by Gasteiger charge is 2.23. The molecule has 5 heteroatoms. The quantitative estimate of drug-likeness (QED) is 0.735. The van der Waals surface area contributed by atoms with E-state index in [0.29, 0.717) is 29.9 Å². The predicted molar refractivity (Wildman–Crippen MR) is 92.4 cm³/mol. The molecule has 0 aliphatic carbocycles. The minimum Gasteiger partial charge on any atom is -0.441 e. The third kappa shape index (κ3) is 3.37. The monoisotopic (exact) mass is 336 g/mol. The Morgan fingerprint density at radius 1 is 1.08 bits per heavy atom. The molecule has 0 saturated carbocycles.